The molecule has 4 rings (SSSR count). The van der Waals surface area contributed by atoms with Crippen LogP contribution in [0.2, 0.25) is 0 Å². The first kappa shape index (κ1) is 18.7. The van der Waals surface area contributed by atoms with Gasteiger partial charge < -0.3 is 4.52 Å². The van der Waals surface area contributed by atoms with Crippen LogP contribution in [0, 0.1) is 13.8 Å². The van der Waals surface area contributed by atoms with Crippen LogP contribution < -0.4 is 0 Å². The summed E-state index contributed by atoms with van der Waals surface area (Å²) >= 11 is 0. The summed E-state index contributed by atoms with van der Waals surface area (Å²) in [4.78, 5) is 0.315. The normalized spacial score (nSPS) is 15.4. The molecule has 0 atom stereocenters. The Morgan fingerprint density at radius 2 is 1.79 bits per heavy atom. The number of nitrogens with zero attached hydrogens (tertiary/aromatic N) is 2. The molecule has 0 aliphatic carbocycles. The van der Waals surface area contributed by atoms with Gasteiger partial charge in [0.15, 0.2) is 5.76 Å². The molecule has 0 saturated heterocycles. The molecule has 6 heteroatoms. The van der Waals surface area contributed by atoms with Gasteiger partial charge in [-0.15, -0.1) is 0 Å². The molecule has 0 spiro atoms. The summed E-state index contributed by atoms with van der Waals surface area (Å²) in [6.45, 7) is 4.49. The Balaban J connectivity index is 1.63. The lowest BCUT2D eigenvalue weighted by Crippen LogP contribution is -2.35. The highest BCUT2D eigenvalue weighted by atomic mass is 32.2. The van der Waals surface area contributed by atoms with Crippen molar-refractivity contribution in [2.75, 3.05) is 13.1 Å². The number of sulfonamides is 1. The summed E-state index contributed by atoms with van der Waals surface area (Å²) in [5.74, 6) is 0.568. The molecule has 0 fully saturated rings. The highest BCUT2D eigenvalue weighted by Crippen LogP contribution is 2.30. The first-order chi connectivity index (χ1) is 13.4. The molecule has 5 nitrogen and oxygen atoms in total. The lowest BCUT2D eigenvalue weighted by molar-refractivity contribution is 0.427. The molecule has 0 radical (unpaired) electrons. The molecule has 0 N–H and O–H groups in total. The number of benzene rings is 2. The van der Waals surface area contributed by atoms with Crippen molar-refractivity contribution < 1.29 is 12.9 Å². The van der Waals surface area contributed by atoms with E-state index in [9.17, 15) is 8.42 Å². The fourth-order valence-electron chi connectivity index (χ4n) is 3.45. The third-order valence-electron chi connectivity index (χ3n) is 5.03. The molecule has 0 bridgehead atoms. The average Bonchev–Trinajstić information content (AvgIpc) is 3.15. The highest BCUT2D eigenvalue weighted by molar-refractivity contribution is 7.89. The molecule has 1 aliphatic rings. The second-order valence-corrected chi connectivity index (χ2v) is 8.93. The topological polar surface area (TPSA) is 63.4 Å². The molecule has 0 saturated carbocycles. The van der Waals surface area contributed by atoms with Crippen molar-refractivity contribution in [3.63, 3.8) is 0 Å². The standard InChI is InChI=1S/C22H22N2O3S/c1-16-8-9-20(21-14-17(2)23-27-21)15-22(16)28(25,26)24-12-10-19(11-13-24)18-6-4-3-5-7-18/h3-10,14-15H,11-13H2,1-2H3. The molecule has 144 valence electrons. The van der Waals surface area contributed by atoms with Gasteiger partial charge in [0, 0.05) is 24.7 Å². The van der Waals surface area contributed by atoms with E-state index in [1.807, 2.05) is 50.3 Å². The Bertz CT molecular complexity index is 1130. The molecular formula is C22H22N2O3S. The van der Waals surface area contributed by atoms with Gasteiger partial charge in [-0.2, -0.15) is 4.31 Å². The van der Waals surface area contributed by atoms with Crippen LogP contribution in [-0.2, 0) is 10.0 Å². The van der Waals surface area contributed by atoms with Crippen LogP contribution in [0.25, 0.3) is 16.9 Å². The molecule has 1 aliphatic heterocycles. The Hall–Kier alpha value is -2.70. The highest BCUT2D eigenvalue weighted by Gasteiger charge is 2.28. The first-order valence-corrected chi connectivity index (χ1v) is 10.7. The van der Waals surface area contributed by atoms with E-state index in [2.05, 4.69) is 17.3 Å². The third kappa shape index (κ3) is 3.53. The van der Waals surface area contributed by atoms with E-state index < -0.39 is 10.0 Å². The third-order valence-corrected chi connectivity index (χ3v) is 7.04. The lowest BCUT2D eigenvalue weighted by Gasteiger charge is -2.26. The largest absolute Gasteiger partial charge is 0.356 e. The molecule has 3 aromatic rings. The Morgan fingerprint density at radius 3 is 2.43 bits per heavy atom. The second-order valence-electron chi connectivity index (χ2n) is 7.02. The number of aryl methyl sites for hydroxylation is 2. The average molecular weight is 394 g/mol. The molecule has 2 heterocycles. The van der Waals surface area contributed by atoms with Gasteiger partial charge in [0.2, 0.25) is 10.0 Å². The zero-order valence-corrected chi connectivity index (χ0v) is 16.7. The molecule has 0 amide bonds. The van der Waals surface area contributed by atoms with Gasteiger partial charge >= 0.3 is 0 Å². The molecular weight excluding hydrogens is 372 g/mol. The van der Waals surface area contributed by atoms with Gasteiger partial charge in [-0.3, -0.25) is 0 Å². The van der Waals surface area contributed by atoms with E-state index in [0.29, 0.717) is 35.7 Å². The Morgan fingerprint density at radius 1 is 1.00 bits per heavy atom. The quantitative estimate of drug-likeness (QED) is 0.656. The summed E-state index contributed by atoms with van der Waals surface area (Å²) in [5, 5.41) is 3.89. The van der Waals surface area contributed by atoms with Crippen LogP contribution >= 0.6 is 0 Å². The molecule has 2 aromatic carbocycles. The molecule has 0 unspecified atom stereocenters. The first-order valence-electron chi connectivity index (χ1n) is 9.24. The van der Waals surface area contributed by atoms with E-state index in [1.165, 1.54) is 9.88 Å². The van der Waals surface area contributed by atoms with Crippen molar-refractivity contribution >= 4 is 15.6 Å². The summed E-state index contributed by atoms with van der Waals surface area (Å²) in [7, 11) is -3.60. The maximum Gasteiger partial charge on any atom is 0.243 e. The number of hydrogen-bond acceptors (Lipinski definition) is 4. The van der Waals surface area contributed by atoms with E-state index >= 15 is 0 Å². The minimum Gasteiger partial charge on any atom is -0.356 e. The lowest BCUT2D eigenvalue weighted by atomic mass is 10.0. The number of aromatic nitrogens is 1. The monoisotopic (exact) mass is 394 g/mol. The fourth-order valence-corrected chi connectivity index (χ4v) is 5.08. The zero-order chi connectivity index (χ0) is 19.7. The van der Waals surface area contributed by atoms with Gasteiger partial charge in [0.25, 0.3) is 0 Å². The van der Waals surface area contributed by atoms with Crippen LogP contribution in [0.4, 0.5) is 0 Å². The van der Waals surface area contributed by atoms with Crippen molar-refractivity contribution in [3.8, 4) is 11.3 Å². The summed E-state index contributed by atoms with van der Waals surface area (Å²) in [6, 6.07) is 17.3. The number of hydrogen-bond donors (Lipinski definition) is 0. The van der Waals surface area contributed by atoms with Crippen molar-refractivity contribution in [1.29, 1.82) is 0 Å². The van der Waals surface area contributed by atoms with Crippen molar-refractivity contribution in [1.82, 2.24) is 9.46 Å². The maximum atomic E-state index is 13.3. The maximum absolute atomic E-state index is 13.3. The van der Waals surface area contributed by atoms with Gasteiger partial charge in [0.1, 0.15) is 0 Å². The van der Waals surface area contributed by atoms with Crippen LogP contribution in [0.5, 0.6) is 0 Å². The van der Waals surface area contributed by atoms with Gasteiger partial charge in [-0.05, 0) is 43.0 Å². The van der Waals surface area contributed by atoms with Crippen LogP contribution in [0.1, 0.15) is 23.2 Å². The predicted octanol–water partition coefficient (Wildman–Crippen LogP) is 4.44. The van der Waals surface area contributed by atoms with Crippen molar-refractivity contribution in [2.45, 2.75) is 25.2 Å². The van der Waals surface area contributed by atoms with E-state index in [-0.39, 0.29) is 0 Å². The minimum absolute atomic E-state index is 0.315. The van der Waals surface area contributed by atoms with Crippen LogP contribution in [0.15, 0.2) is 70.1 Å². The Labute approximate surface area is 165 Å². The van der Waals surface area contributed by atoms with E-state index in [0.717, 1.165) is 16.8 Å². The fraction of sp³-hybridized carbons (Fsp3) is 0.227. The SMILES string of the molecule is Cc1cc(-c2ccc(C)c(S(=O)(=O)N3CC=C(c4ccccc4)CC3)c2)on1. The predicted molar refractivity (Wildman–Crippen MR) is 109 cm³/mol. The number of rotatable bonds is 4. The van der Waals surface area contributed by atoms with Gasteiger partial charge in [-0.25, -0.2) is 8.42 Å². The van der Waals surface area contributed by atoms with E-state index in [4.69, 9.17) is 4.52 Å². The Kier molecular flexibility index (Phi) is 4.91. The van der Waals surface area contributed by atoms with Crippen LogP contribution in [0.3, 0.4) is 0 Å². The summed E-state index contributed by atoms with van der Waals surface area (Å²) in [6.07, 6.45) is 2.71. The minimum atomic E-state index is -3.60. The zero-order valence-electron chi connectivity index (χ0n) is 15.9. The van der Waals surface area contributed by atoms with E-state index in [1.54, 1.807) is 12.1 Å². The van der Waals surface area contributed by atoms with Crippen LogP contribution in [-0.4, -0.2) is 31.0 Å². The van der Waals surface area contributed by atoms with Gasteiger partial charge in [-0.1, -0.05) is 53.7 Å². The molecule has 1 aromatic heterocycles. The van der Waals surface area contributed by atoms with Crippen molar-refractivity contribution in [2.24, 2.45) is 0 Å². The summed E-state index contributed by atoms with van der Waals surface area (Å²) in [5.41, 5.74) is 4.53. The smallest absolute Gasteiger partial charge is 0.243 e. The van der Waals surface area contributed by atoms with Gasteiger partial charge in [0.05, 0.1) is 10.6 Å². The molecule has 28 heavy (non-hydrogen) atoms. The van der Waals surface area contributed by atoms with Crippen molar-refractivity contribution in [3.05, 3.63) is 77.5 Å². The summed E-state index contributed by atoms with van der Waals surface area (Å²) < 4.78 is 33.4. The second kappa shape index (κ2) is 7.37.